The van der Waals surface area contributed by atoms with Gasteiger partial charge in [0.2, 0.25) is 17.7 Å². The molecule has 0 spiro atoms. The van der Waals surface area contributed by atoms with Crippen LogP contribution in [0.1, 0.15) is 46.9 Å². The second-order valence-corrected chi connectivity index (χ2v) is 6.61. The van der Waals surface area contributed by atoms with Crippen molar-refractivity contribution >= 4 is 11.9 Å². The van der Waals surface area contributed by atoms with Gasteiger partial charge in [0.15, 0.2) is 0 Å². The molecule has 0 amide bonds. The first-order valence-corrected chi connectivity index (χ1v) is 8.10. The Hall–Kier alpha value is -2.25. The van der Waals surface area contributed by atoms with Crippen molar-refractivity contribution in [3.8, 4) is 11.8 Å². The van der Waals surface area contributed by atoms with Gasteiger partial charge in [0.05, 0.1) is 0 Å². The van der Waals surface area contributed by atoms with Gasteiger partial charge < -0.3 is 10.6 Å². The van der Waals surface area contributed by atoms with Crippen molar-refractivity contribution in [1.82, 2.24) is 15.0 Å². The minimum absolute atomic E-state index is 0.236. The first-order valence-electron chi connectivity index (χ1n) is 8.10. The van der Waals surface area contributed by atoms with Crippen LogP contribution in [0.5, 0.6) is 0 Å². The van der Waals surface area contributed by atoms with Crippen LogP contribution in [0.3, 0.4) is 0 Å². The highest BCUT2D eigenvalue weighted by atomic mass is 19.4. The van der Waals surface area contributed by atoms with Crippen LogP contribution >= 0.6 is 0 Å². The van der Waals surface area contributed by atoms with E-state index in [1.807, 2.05) is 31.4 Å². The average Bonchev–Trinajstić information content (AvgIpc) is 2.51. The molecule has 0 aliphatic carbocycles. The van der Waals surface area contributed by atoms with Crippen molar-refractivity contribution in [2.24, 2.45) is 5.41 Å². The molecule has 27 heavy (non-hydrogen) atoms. The number of hydrogen-bond donors (Lipinski definition) is 2. The second-order valence-electron chi connectivity index (χ2n) is 6.61. The number of nitrogens with zero attached hydrogens (tertiary/aromatic N) is 3. The fourth-order valence-electron chi connectivity index (χ4n) is 1.43. The predicted molar refractivity (Wildman–Crippen MR) is 89.1 cm³/mol. The van der Waals surface area contributed by atoms with Crippen molar-refractivity contribution in [3.63, 3.8) is 0 Å². The third-order valence-corrected chi connectivity index (χ3v) is 3.71. The summed E-state index contributed by atoms with van der Waals surface area (Å²) in [6, 6.07) is -4.03. The lowest BCUT2D eigenvalue weighted by atomic mass is 9.91. The van der Waals surface area contributed by atoms with Crippen molar-refractivity contribution in [2.45, 2.75) is 65.5 Å². The quantitative estimate of drug-likeness (QED) is 0.570. The Balaban J connectivity index is 3.26. The molecule has 0 bridgehead atoms. The minimum Gasteiger partial charge on any atom is -0.343 e. The predicted octanol–water partition coefficient (Wildman–Crippen LogP) is 4.38. The number of aromatic nitrogens is 3. The van der Waals surface area contributed by atoms with Gasteiger partial charge in [-0.25, -0.2) is 0 Å². The van der Waals surface area contributed by atoms with Crippen LogP contribution in [0, 0.1) is 17.3 Å². The van der Waals surface area contributed by atoms with Gasteiger partial charge >= 0.3 is 12.4 Å². The summed E-state index contributed by atoms with van der Waals surface area (Å²) < 4.78 is 76.4. The largest absolute Gasteiger partial charge is 0.408 e. The lowest BCUT2D eigenvalue weighted by molar-refractivity contribution is -0.139. The van der Waals surface area contributed by atoms with Crippen molar-refractivity contribution in [1.29, 1.82) is 0 Å². The zero-order valence-corrected chi connectivity index (χ0v) is 15.5. The van der Waals surface area contributed by atoms with Crippen LogP contribution in [0.4, 0.5) is 38.2 Å². The molecule has 1 heterocycles. The van der Waals surface area contributed by atoms with Crippen LogP contribution in [-0.2, 0) is 0 Å². The minimum atomic E-state index is -4.59. The van der Waals surface area contributed by atoms with Crippen LogP contribution < -0.4 is 10.6 Å². The SMILES string of the molecule is CCC(C)(C)C#Cc1nc(N[C@H](C)C(F)(F)F)nc(N[C@H](C)C(F)(F)F)n1. The molecule has 11 heteroatoms. The van der Waals surface area contributed by atoms with Gasteiger partial charge in [-0.1, -0.05) is 12.8 Å². The smallest absolute Gasteiger partial charge is 0.343 e. The Labute approximate surface area is 153 Å². The molecule has 1 aromatic rings. The zero-order chi connectivity index (χ0) is 21.0. The summed E-state index contributed by atoms with van der Waals surface area (Å²) in [4.78, 5) is 11.1. The topological polar surface area (TPSA) is 62.7 Å². The van der Waals surface area contributed by atoms with Crippen molar-refractivity contribution < 1.29 is 26.3 Å². The van der Waals surface area contributed by atoms with E-state index in [-0.39, 0.29) is 5.82 Å². The van der Waals surface area contributed by atoms with E-state index in [2.05, 4.69) is 26.8 Å². The molecule has 0 aromatic carbocycles. The number of anilines is 2. The monoisotopic (exact) mass is 397 g/mol. The lowest BCUT2D eigenvalue weighted by Crippen LogP contribution is -2.35. The molecular formula is C16H21F6N5. The van der Waals surface area contributed by atoms with E-state index in [0.717, 1.165) is 13.8 Å². The first-order chi connectivity index (χ1) is 12.1. The van der Waals surface area contributed by atoms with Gasteiger partial charge in [-0.2, -0.15) is 41.3 Å². The van der Waals surface area contributed by atoms with E-state index < -0.39 is 41.7 Å². The third kappa shape index (κ3) is 7.48. The molecule has 0 aliphatic rings. The summed E-state index contributed by atoms with van der Waals surface area (Å²) in [5, 5.41) is 4.02. The highest BCUT2D eigenvalue weighted by molar-refractivity contribution is 5.40. The van der Waals surface area contributed by atoms with Crippen LogP contribution in [0.2, 0.25) is 0 Å². The number of hydrogen-bond acceptors (Lipinski definition) is 5. The molecule has 0 saturated carbocycles. The summed E-state index contributed by atoms with van der Waals surface area (Å²) in [5.74, 6) is 4.15. The number of alkyl halides is 6. The van der Waals surface area contributed by atoms with Crippen molar-refractivity contribution in [2.75, 3.05) is 10.6 Å². The molecular weight excluding hydrogens is 376 g/mol. The Morgan fingerprint density at radius 2 is 1.26 bits per heavy atom. The lowest BCUT2D eigenvalue weighted by Gasteiger charge is -2.19. The summed E-state index contributed by atoms with van der Waals surface area (Å²) >= 11 is 0. The van der Waals surface area contributed by atoms with E-state index in [0.29, 0.717) is 6.42 Å². The molecule has 0 saturated heterocycles. The fraction of sp³-hybridized carbons (Fsp3) is 0.688. The zero-order valence-electron chi connectivity index (χ0n) is 15.5. The Kier molecular flexibility index (Phi) is 6.91. The Bertz CT molecular complexity index is 662. The third-order valence-electron chi connectivity index (χ3n) is 3.71. The summed E-state index contributed by atoms with van der Waals surface area (Å²) in [5.41, 5.74) is -0.424. The molecule has 0 unspecified atom stereocenters. The highest BCUT2D eigenvalue weighted by Crippen LogP contribution is 2.24. The molecule has 0 radical (unpaired) electrons. The molecule has 0 fully saturated rings. The van der Waals surface area contributed by atoms with E-state index in [1.54, 1.807) is 0 Å². The summed E-state index contributed by atoms with van der Waals surface area (Å²) in [7, 11) is 0. The Morgan fingerprint density at radius 3 is 1.59 bits per heavy atom. The average molecular weight is 397 g/mol. The number of halogens is 6. The standard InChI is InChI=1S/C16H21F6N5/c1-6-14(4,5)8-7-11-25-12(23-9(2)15(17,18)19)27-13(26-11)24-10(3)16(20,21)22/h9-10H,6H2,1-5H3,(H2,23,24,25,26,27)/t9-,10-/m1/s1. The highest BCUT2D eigenvalue weighted by Gasteiger charge is 2.38. The van der Waals surface area contributed by atoms with E-state index in [9.17, 15) is 26.3 Å². The van der Waals surface area contributed by atoms with Gasteiger partial charge in [0.25, 0.3) is 0 Å². The maximum atomic E-state index is 12.7. The van der Waals surface area contributed by atoms with Gasteiger partial charge in [-0.05, 0) is 40.0 Å². The van der Waals surface area contributed by atoms with Crippen LogP contribution in [0.25, 0.3) is 0 Å². The maximum Gasteiger partial charge on any atom is 0.408 e. The van der Waals surface area contributed by atoms with Gasteiger partial charge in [0.1, 0.15) is 12.1 Å². The fourth-order valence-corrected chi connectivity index (χ4v) is 1.43. The number of rotatable bonds is 5. The van der Waals surface area contributed by atoms with Crippen LogP contribution in [0.15, 0.2) is 0 Å². The maximum absolute atomic E-state index is 12.7. The summed E-state index contributed by atoms with van der Waals surface area (Å²) in [6.07, 6.45) is -8.50. The van der Waals surface area contributed by atoms with Crippen LogP contribution in [-0.4, -0.2) is 39.4 Å². The molecule has 0 aliphatic heterocycles. The molecule has 2 atom stereocenters. The Morgan fingerprint density at radius 1 is 0.852 bits per heavy atom. The van der Waals surface area contributed by atoms with Gasteiger partial charge in [-0.15, -0.1) is 0 Å². The normalized spacial score (nSPS) is 14.8. The van der Waals surface area contributed by atoms with E-state index in [4.69, 9.17) is 0 Å². The molecule has 1 aromatic heterocycles. The van der Waals surface area contributed by atoms with Crippen molar-refractivity contribution in [3.05, 3.63) is 5.82 Å². The molecule has 5 nitrogen and oxygen atoms in total. The van der Waals surface area contributed by atoms with E-state index in [1.165, 1.54) is 0 Å². The second kappa shape index (κ2) is 8.19. The molecule has 1 rings (SSSR count). The van der Waals surface area contributed by atoms with E-state index >= 15 is 0 Å². The number of nitrogens with one attached hydrogen (secondary N) is 2. The van der Waals surface area contributed by atoms with Gasteiger partial charge in [-0.3, -0.25) is 0 Å². The molecule has 2 N–H and O–H groups in total. The summed E-state index contributed by atoms with van der Waals surface area (Å²) in [6.45, 7) is 7.22. The first kappa shape index (κ1) is 22.8. The van der Waals surface area contributed by atoms with Gasteiger partial charge in [0, 0.05) is 5.41 Å². The molecule has 152 valence electrons.